The number of ether oxygens (including phenoxy) is 1. The van der Waals surface area contributed by atoms with Gasteiger partial charge in [0.1, 0.15) is 4.90 Å². The number of methoxy groups -OCH3 is 1. The predicted molar refractivity (Wildman–Crippen MR) is 113 cm³/mol. The van der Waals surface area contributed by atoms with Crippen molar-refractivity contribution in [3.63, 3.8) is 0 Å². The van der Waals surface area contributed by atoms with E-state index in [1.54, 1.807) is 6.07 Å². The van der Waals surface area contributed by atoms with Gasteiger partial charge in [0.2, 0.25) is 0 Å². The minimum atomic E-state index is -4.26. The van der Waals surface area contributed by atoms with E-state index in [1.807, 2.05) is 30.3 Å². The standard InChI is InChI=1S/C20H15Cl2NO5S/c1-28-19-16(22)10-14(21)11-18(19)29(26,27)23-17-9-13(7-8-15(17)20(24)25)12-5-3-2-4-6-12/h2-11,23H,1H3,(H,24,25). The van der Waals surface area contributed by atoms with Gasteiger partial charge in [0.05, 0.1) is 23.4 Å². The summed E-state index contributed by atoms with van der Waals surface area (Å²) in [5, 5.41) is 9.58. The molecule has 9 heteroatoms. The van der Waals surface area contributed by atoms with Gasteiger partial charge < -0.3 is 9.84 Å². The van der Waals surface area contributed by atoms with Crippen LogP contribution in [0.1, 0.15) is 10.4 Å². The molecule has 0 fully saturated rings. The van der Waals surface area contributed by atoms with Gasteiger partial charge in [0, 0.05) is 5.02 Å². The van der Waals surface area contributed by atoms with E-state index in [9.17, 15) is 18.3 Å². The van der Waals surface area contributed by atoms with E-state index in [4.69, 9.17) is 27.9 Å². The lowest BCUT2D eigenvalue weighted by Gasteiger charge is -2.15. The molecule has 3 rings (SSSR count). The van der Waals surface area contributed by atoms with Crippen LogP contribution in [-0.2, 0) is 10.0 Å². The Morgan fingerprint density at radius 3 is 2.31 bits per heavy atom. The molecule has 0 radical (unpaired) electrons. The van der Waals surface area contributed by atoms with Crippen LogP contribution >= 0.6 is 23.2 Å². The summed E-state index contributed by atoms with van der Waals surface area (Å²) in [6.45, 7) is 0. The molecule has 0 aliphatic carbocycles. The topological polar surface area (TPSA) is 92.7 Å². The van der Waals surface area contributed by atoms with Gasteiger partial charge in [-0.05, 0) is 35.4 Å². The second-order valence-corrected chi connectivity index (χ2v) is 8.45. The summed E-state index contributed by atoms with van der Waals surface area (Å²) >= 11 is 12.0. The van der Waals surface area contributed by atoms with E-state index in [-0.39, 0.29) is 31.9 Å². The van der Waals surface area contributed by atoms with Crippen LogP contribution in [0.15, 0.2) is 65.6 Å². The molecule has 0 spiro atoms. The molecule has 3 aromatic rings. The maximum atomic E-state index is 13.0. The van der Waals surface area contributed by atoms with Crippen LogP contribution in [0.3, 0.4) is 0 Å². The number of carboxylic acids is 1. The number of carbonyl (C=O) groups is 1. The Morgan fingerprint density at radius 1 is 1.00 bits per heavy atom. The van der Waals surface area contributed by atoms with Crippen molar-refractivity contribution in [2.24, 2.45) is 0 Å². The number of sulfonamides is 1. The molecule has 0 aliphatic rings. The van der Waals surface area contributed by atoms with Crippen molar-refractivity contribution in [2.45, 2.75) is 4.90 Å². The molecule has 0 aliphatic heterocycles. The summed E-state index contributed by atoms with van der Waals surface area (Å²) < 4.78 is 33.4. The molecule has 0 saturated carbocycles. The van der Waals surface area contributed by atoms with E-state index >= 15 is 0 Å². The van der Waals surface area contributed by atoms with Gasteiger partial charge in [-0.25, -0.2) is 13.2 Å². The fraction of sp³-hybridized carbons (Fsp3) is 0.0500. The normalized spacial score (nSPS) is 11.1. The van der Waals surface area contributed by atoms with Crippen LogP contribution in [0.2, 0.25) is 10.0 Å². The van der Waals surface area contributed by atoms with E-state index in [2.05, 4.69) is 4.72 Å². The third-order valence-corrected chi connectivity index (χ3v) is 5.94. The lowest BCUT2D eigenvalue weighted by atomic mass is 10.0. The maximum absolute atomic E-state index is 13.0. The maximum Gasteiger partial charge on any atom is 0.337 e. The molecule has 0 bridgehead atoms. The number of hydrogen-bond donors (Lipinski definition) is 2. The zero-order valence-corrected chi connectivity index (χ0v) is 17.3. The summed E-state index contributed by atoms with van der Waals surface area (Å²) in [6.07, 6.45) is 0. The minimum absolute atomic E-state index is 0.0110. The van der Waals surface area contributed by atoms with Crippen molar-refractivity contribution >= 4 is 44.9 Å². The number of halogens is 2. The van der Waals surface area contributed by atoms with Gasteiger partial charge in [-0.1, -0.05) is 59.6 Å². The van der Waals surface area contributed by atoms with Gasteiger partial charge in [0.25, 0.3) is 10.0 Å². The minimum Gasteiger partial charge on any atom is -0.494 e. The monoisotopic (exact) mass is 451 g/mol. The molecule has 6 nitrogen and oxygen atoms in total. The van der Waals surface area contributed by atoms with Crippen LogP contribution in [0.4, 0.5) is 5.69 Å². The average molecular weight is 452 g/mol. The molecule has 29 heavy (non-hydrogen) atoms. The molecule has 3 aromatic carbocycles. The van der Waals surface area contributed by atoms with Gasteiger partial charge >= 0.3 is 5.97 Å². The SMILES string of the molecule is COc1c(Cl)cc(Cl)cc1S(=O)(=O)Nc1cc(-c2ccccc2)ccc1C(=O)O. The third kappa shape index (κ3) is 4.48. The van der Waals surface area contributed by atoms with Crippen LogP contribution in [0.25, 0.3) is 11.1 Å². The molecule has 0 atom stereocenters. The molecule has 2 N–H and O–H groups in total. The zero-order valence-electron chi connectivity index (χ0n) is 15.0. The number of anilines is 1. The summed E-state index contributed by atoms with van der Waals surface area (Å²) in [7, 11) is -2.99. The largest absolute Gasteiger partial charge is 0.494 e. The Bertz CT molecular complexity index is 1180. The first kappa shape index (κ1) is 21.0. The number of benzene rings is 3. The van der Waals surface area contributed by atoms with Crippen molar-refractivity contribution in [3.8, 4) is 16.9 Å². The van der Waals surface area contributed by atoms with Gasteiger partial charge in [-0.3, -0.25) is 4.72 Å². The Hall–Kier alpha value is -2.74. The summed E-state index contributed by atoms with van der Waals surface area (Å²) in [6, 6.07) is 16.1. The highest BCUT2D eigenvalue weighted by Crippen LogP contribution is 2.36. The van der Waals surface area contributed by atoms with E-state index < -0.39 is 16.0 Å². The molecular weight excluding hydrogens is 437 g/mol. The molecule has 150 valence electrons. The van der Waals surface area contributed by atoms with Crippen LogP contribution < -0.4 is 9.46 Å². The Kier molecular flexibility index (Phi) is 6.02. The predicted octanol–water partition coefficient (Wildman–Crippen LogP) is 5.17. The van der Waals surface area contributed by atoms with E-state index in [0.29, 0.717) is 5.56 Å². The third-order valence-electron chi connectivity index (χ3n) is 4.07. The first-order valence-corrected chi connectivity index (χ1v) is 10.5. The molecule has 0 heterocycles. The summed E-state index contributed by atoms with van der Waals surface area (Å²) in [5.74, 6) is -1.38. The van der Waals surface area contributed by atoms with Gasteiger partial charge in [-0.15, -0.1) is 0 Å². The molecule has 0 unspecified atom stereocenters. The van der Waals surface area contributed by atoms with Crippen molar-refractivity contribution < 1.29 is 23.1 Å². The van der Waals surface area contributed by atoms with E-state index in [1.165, 1.54) is 31.4 Å². The Labute approximate surface area is 177 Å². The highest BCUT2D eigenvalue weighted by molar-refractivity contribution is 7.92. The number of rotatable bonds is 6. The average Bonchev–Trinajstić information content (AvgIpc) is 2.67. The van der Waals surface area contributed by atoms with Crippen molar-refractivity contribution in [3.05, 3.63) is 76.3 Å². The highest BCUT2D eigenvalue weighted by atomic mass is 35.5. The molecule has 0 amide bonds. The molecular formula is C20H15Cl2NO5S. The Morgan fingerprint density at radius 2 is 1.69 bits per heavy atom. The van der Waals surface area contributed by atoms with Crippen LogP contribution in [0.5, 0.6) is 5.75 Å². The number of aromatic carboxylic acids is 1. The number of nitrogens with one attached hydrogen (secondary N) is 1. The fourth-order valence-corrected chi connectivity index (χ4v) is 4.74. The molecule has 0 aromatic heterocycles. The highest BCUT2D eigenvalue weighted by Gasteiger charge is 2.25. The first-order chi connectivity index (χ1) is 13.7. The lowest BCUT2D eigenvalue weighted by molar-refractivity contribution is 0.0698. The quantitative estimate of drug-likeness (QED) is 0.539. The van der Waals surface area contributed by atoms with Crippen molar-refractivity contribution in [1.82, 2.24) is 0 Å². The van der Waals surface area contributed by atoms with Crippen LogP contribution in [-0.4, -0.2) is 26.6 Å². The second kappa shape index (κ2) is 8.32. The number of hydrogen-bond acceptors (Lipinski definition) is 4. The van der Waals surface area contributed by atoms with Gasteiger partial charge in [0.15, 0.2) is 5.75 Å². The lowest BCUT2D eigenvalue weighted by Crippen LogP contribution is -2.16. The first-order valence-electron chi connectivity index (χ1n) is 8.21. The van der Waals surface area contributed by atoms with Crippen LogP contribution in [0, 0.1) is 0 Å². The van der Waals surface area contributed by atoms with Gasteiger partial charge in [-0.2, -0.15) is 0 Å². The smallest absolute Gasteiger partial charge is 0.337 e. The summed E-state index contributed by atoms with van der Waals surface area (Å²) in [4.78, 5) is 11.3. The second-order valence-electron chi connectivity index (χ2n) is 5.96. The Balaban J connectivity index is 2.12. The summed E-state index contributed by atoms with van der Waals surface area (Å²) in [5.41, 5.74) is 1.13. The van der Waals surface area contributed by atoms with Crippen molar-refractivity contribution in [1.29, 1.82) is 0 Å². The molecule has 0 saturated heterocycles. The number of carboxylic acid groups (broad SMARTS) is 1. The van der Waals surface area contributed by atoms with E-state index in [0.717, 1.165) is 5.56 Å². The fourth-order valence-electron chi connectivity index (χ4n) is 2.76. The van der Waals surface area contributed by atoms with Crippen molar-refractivity contribution in [2.75, 3.05) is 11.8 Å². The zero-order chi connectivity index (χ0) is 21.2.